The van der Waals surface area contributed by atoms with Gasteiger partial charge in [-0.25, -0.2) is 9.40 Å². The lowest BCUT2D eigenvalue weighted by atomic mass is 9.96. The molecule has 118 valence electrons. The van der Waals surface area contributed by atoms with Gasteiger partial charge in [-0.3, -0.25) is 15.1 Å². The van der Waals surface area contributed by atoms with Crippen molar-refractivity contribution in [3.05, 3.63) is 0 Å². The smallest absolute Gasteiger partial charge is 0.295 e. The Morgan fingerprint density at radius 3 is 3.00 bits per heavy atom. The fraction of sp³-hybridized carbons (Fsp3) is 0.636. The lowest BCUT2D eigenvalue weighted by Crippen LogP contribution is -2.55. The number of carbonyl (C=O) groups excluding carboxylic acids is 1. The monoisotopic (exact) mass is 312 g/mol. The molecule has 0 saturated carbocycles. The van der Waals surface area contributed by atoms with Crippen molar-refractivity contribution in [2.75, 3.05) is 13.2 Å². The summed E-state index contributed by atoms with van der Waals surface area (Å²) in [5.41, 5.74) is 3.40. The Kier molecular flexibility index (Phi) is 3.24. The fourth-order valence-corrected chi connectivity index (χ4v) is 2.70. The third-order valence-electron chi connectivity index (χ3n) is 3.86. The zero-order chi connectivity index (χ0) is 16.1. The van der Waals surface area contributed by atoms with Crippen LogP contribution >= 0.6 is 0 Å². The van der Waals surface area contributed by atoms with Crippen molar-refractivity contribution in [2.45, 2.75) is 30.0 Å². The van der Waals surface area contributed by atoms with Crippen LogP contribution in [0.2, 0.25) is 0 Å². The molecule has 0 aromatic carbocycles. The molecule has 3 aliphatic heterocycles. The molecule has 22 heavy (non-hydrogen) atoms. The van der Waals surface area contributed by atoms with Gasteiger partial charge in [0, 0.05) is 0 Å². The number of rotatable bonds is 2. The van der Waals surface area contributed by atoms with E-state index in [1.807, 2.05) is 0 Å². The number of nitriles is 1. The molecule has 1 amide bonds. The Hall–Kier alpha value is -2.29. The van der Waals surface area contributed by atoms with E-state index in [4.69, 9.17) is 15.7 Å². The van der Waals surface area contributed by atoms with Crippen LogP contribution in [0.1, 0.15) is 0 Å². The summed E-state index contributed by atoms with van der Waals surface area (Å²) in [6.07, 6.45) is -5.07. The number of hydrogen-bond acceptors (Lipinski definition) is 9. The Balaban J connectivity index is 1.89. The highest BCUT2D eigenvalue weighted by molar-refractivity contribution is 6.41. The maximum atomic E-state index is 14.4. The SMILES string of the molecule is N#C[C@]1(CO)O[C@@H]([C@H]2CN=C3C(=O)NC(N)=NN32)[C@H](F)[C@@H]1O. The molecule has 0 aromatic heterocycles. The van der Waals surface area contributed by atoms with Gasteiger partial charge in [-0.05, 0) is 0 Å². The Labute approximate surface area is 123 Å². The van der Waals surface area contributed by atoms with Crippen LogP contribution in [0, 0.1) is 11.3 Å². The third kappa shape index (κ3) is 1.85. The van der Waals surface area contributed by atoms with Crippen LogP contribution in [-0.4, -0.2) is 76.1 Å². The highest BCUT2D eigenvalue weighted by Gasteiger charge is 2.60. The molecule has 1 fully saturated rings. The summed E-state index contributed by atoms with van der Waals surface area (Å²) < 4.78 is 19.6. The van der Waals surface area contributed by atoms with E-state index in [2.05, 4.69) is 15.4 Å². The van der Waals surface area contributed by atoms with E-state index in [9.17, 15) is 19.4 Å². The number of aliphatic imine (C=N–C) groups is 1. The number of halogens is 1. The average Bonchev–Trinajstić information content (AvgIpc) is 3.01. The largest absolute Gasteiger partial charge is 0.392 e. The number of nitrogens with zero attached hydrogens (tertiary/aromatic N) is 4. The molecule has 0 spiro atoms. The number of amides is 1. The molecule has 3 heterocycles. The van der Waals surface area contributed by atoms with Crippen LogP contribution in [0.5, 0.6) is 0 Å². The second kappa shape index (κ2) is 4.87. The number of guanidine groups is 1. The van der Waals surface area contributed by atoms with E-state index in [-0.39, 0.29) is 18.3 Å². The number of alkyl halides is 1. The van der Waals surface area contributed by atoms with Crippen LogP contribution in [0.4, 0.5) is 4.39 Å². The van der Waals surface area contributed by atoms with Crippen molar-refractivity contribution in [3.8, 4) is 6.07 Å². The third-order valence-corrected chi connectivity index (χ3v) is 3.86. The van der Waals surface area contributed by atoms with Gasteiger partial charge in [-0.1, -0.05) is 0 Å². The van der Waals surface area contributed by atoms with Crippen molar-refractivity contribution in [1.82, 2.24) is 10.3 Å². The maximum absolute atomic E-state index is 14.4. The number of nitrogens with two attached hydrogens (primary N) is 1. The molecule has 0 bridgehead atoms. The summed E-state index contributed by atoms with van der Waals surface area (Å²) >= 11 is 0. The molecule has 5 atom stereocenters. The molecule has 1 saturated heterocycles. The number of ether oxygens (including phenoxy) is 1. The van der Waals surface area contributed by atoms with Gasteiger partial charge in [-0.2, -0.15) is 5.26 Å². The molecule has 0 unspecified atom stereocenters. The van der Waals surface area contributed by atoms with Gasteiger partial charge in [0.25, 0.3) is 5.91 Å². The molecule has 0 aromatic rings. The summed E-state index contributed by atoms with van der Waals surface area (Å²) in [7, 11) is 0. The van der Waals surface area contributed by atoms with Gasteiger partial charge in [0.2, 0.25) is 17.4 Å². The molecule has 5 N–H and O–H groups in total. The van der Waals surface area contributed by atoms with Gasteiger partial charge < -0.3 is 20.7 Å². The van der Waals surface area contributed by atoms with Crippen LogP contribution < -0.4 is 11.1 Å². The minimum atomic E-state index is -2.06. The van der Waals surface area contributed by atoms with E-state index < -0.39 is 42.5 Å². The molecular weight excluding hydrogens is 299 g/mol. The number of hydrazone groups is 1. The first-order chi connectivity index (χ1) is 10.4. The summed E-state index contributed by atoms with van der Waals surface area (Å²) in [5, 5.41) is 35.4. The number of aliphatic hydroxyl groups excluding tert-OH is 2. The van der Waals surface area contributed by atoms with Gasteiger partial charge in [0.15, 0.2) is 6.17 Å². The summed E-state index contributed by atoms with van der Waals surface area (Å²) in [6, 6.07) is 0.737. The molecule has 0 aliphatic carbocycles. The Morgan fingerprint density at radius 2 is 2.41 bits per heavy atom. The summed E-state index contributed by atoms with van der Waals surface area (Å²) in [4.78, 5) is 15.7. The predicted molar refractivity (Wildman–Crippen MR) is 68.9 cm³/mol. The Morgan fingerprint density at radius 1 is 1.68 bits per heavy atom. The number of aliphatic hydroxyl groups is 2. The second-order valence-corrected chi connectivity index (χ2v) is 5.15. The first-order valence-corrected chi connectivity index (χ1v) is 6.44. The topological polar surface area (TPSA) is 157 Å². The second-order valence-electron chi connectivity index (χ2n) is 5.15. The molecule has 11 heteroatoms. The zero-order valence-electron chi connectivity index (χ0n) is 11.2. The number of hydrogen-bond donors (Lipinski definition) is 4. The van der Waals surface area contributed by atoms with Crippen LogP contribution in [0.15, 0.2) is 10.1 Å². The van der Waals surface area contributed by atoms with Crippen molar-refractivity contribution < 1.29 is 24.1 Å². The van der Waals surface area contributed by atoms with E-state index in [0.717, 1.165) is 5.01 Å². The lowest BCUT2D eigenvalue weighted by Gasteiger charge is -2.30. The minimum absolute atomic E-state index is 0.0235. The van der Waals surface area contributed by atoms with Crippen molar-refractivity contribution >= 4 is 17.7 Å². The van der Waals surface area contributed by atoms with Crippen LogP contribution in [0.25, 0.3) is 0 Å². The standard InChI is InChI=1S/C11H13FN6O4/c12-5-6(22-11(2-13,3-19)7(5)20)4-1-15-8-9(21)16-10(14)17-18(4)8/h4-7,19-20H,1,3H2,(H3,14,16,17,21)/t4-,5+,6+,7+,11-/m1/s1. The number of fused-ring (bicyclic) bond motifs is 1. The number of carbonyl (C=O) groups is 1. The number of nitrogens with one attached hydrogen (secondary N) is 1. The maximum Gasteiger partial charge on any atom is 0.295 e. The average molecular weight is 312 g/mol. The van der Waals surface area contributed by atoms with Gasteiger partial charge in [-0.15, -0.1) is 5.10 Å². The van der Waals surface area contributed by atoms with E-state index in [0.29, 0.717) is 0 Å². The van der Waals surface area contributed by atoms with Gasteiger partial charge in [0.05, 0.1) is 13.2 Å². The zero-order valence-corrected chi connectivity index (χ0v) is 11.2. The highest BCUT2D eigenvalue weighted by atomic mass is 19.1. The fourth-order valence-electron chi connectivity index (χ4n) is 2.70. The minimum Gasteiger partial charge on any atom is -0.392 e. The molecule has 3 aliphatic rings. The van der Waals surface area contributed by atoms with E-state index in [1.54, 1.807) is 6.07 Å². The molecule has 10 nitrogen and oxygen atoms in total. The van der Waals surface area contributed by atoms with Crippen molar-refractivity contribution in [1.29, 1.82) is 5.26 Å². The first-order valence-electron chi connectivity index (χ1n) is 6.44. The molecular formula is C11H13FN6O4. The van der Waals surface area contributed by atoms with Gasteiger partial charge >= 0.3 is 0 Å². The van der Waals surface area contributed by atoms with Crippen LogP contribution in [0.3, 0.4) is 0 Å². The normalized spacial score (nSPS) is 40.6. The lowest BCUT2D eigenvalue weighted by molar-refractivity contribution is -0.115. The molecule has 3 rings (SSSR count). The van der Waals surface area contributed by atoms with Crippen molar-refractivity contribution in [2.24, 2.45) is 15.8 Å². The predicted octanol–water partition coefficient (Wildman–Crippen LogP) is -3.22. The van der Waals surface area contributed by atoms with E-state index in [1.165, 1.54) is 0 Å². The summed E-state index contributed by atoms with van der Waals surface area (Å²) in [5.74, 6) is -0.820. The van der Waals surface area contributed by atoms with Gasteiger partial charge in [0.1, 0.15) is 24.3 Å². The Bertz CT molecular complexity index is 618. The highest BCUT2D eigenvalue weighted by Crippen LogP contribution is 2.37. The molecule has 0 radical (unpaired) electrons. The van der Waals surface area contributed by atoms with E-state index >= 15 is 0 Å². The number of amidine groups is 1. The quantitative estimate of drug-likeness (QED) is 0.418. The van der Waals surface area contributed by atoms with Crippen molar-refractivity contribution in [3.63, 3.8) is 0 Å². The first kappa shape index (κ1) is 14.6. The van der Waals surface area contributed by atoms with Crippen LogP contribution in [-0.2, 0) is 9.53 Å². The summed E-state index contributed by atoms with van der Waals surface area (Å²) in [6.45, 7) is -0.891.